The lowest BCUT2D eigenvalue weighted by Crippen LogP contribution is -2.03. The molecule has 1 heterocycles. The van der Waals surface area contributed by atoms with Crippen molar-refractivity contribution in [2.45, 2.75) is 0 Å². The van der Waals surface area contributed by atoms with Crippen LogP contribution in [0.2, 0.25) is 0 Å². The molecular formula is C12H7Br2FO2S. The maximum atomic E-state index is 13.8. The van der Waals surface area contributed by atoms with Gasteiger partial charge in [0.05, 0.1) is 20.2 Å². The lowest BCUT2D eigenvalue weighted by Gasteiger charge is -2.04. The number of carbonyl (C=O) groups is 1. The fourth-order valence-corrected chi connectivity index (χ4v) is 4.24. The van der Waals surface area contributed by atoms with Crippen LogP contribution in [0.5, 0.6) is 5.75 Å². The Balaban J connectivity index is 2.43. The summed E-state index contributed by atoms with van der Waals surface area (Å²) in [6.45, 7) is 0. The van der Waals surface area contributed by atoms with Crippen LogP contribution < -0.4 is 4.74 Å². The zero-order valence-corrected chi connectivity index (χ0v) is 13.2. The van der Waals surface area contributed by atoms with Gasteiger partial charge in [0.25, 0.3) is 0 Å². The van der Waals surface area contributed by atoms with Crippen molar-refractivity contribution in [1.82, 2.24) is 0 Å². The van der Waals surface area contributed by atoms with Crippen molar-refractivity contribution in [2.24, 2.45) is 0 Å². The second kappa shape index (κ2) is 5.50. The fourth-order valence-electron chi connectivity index (χ4n) is 1.45. The molecule has 2 rings (SSSR count). The molecule has 18 heavy (non-hydrogen) atoms. The molecule has 1 aromatic heterocycles. The van der Waals surface area contributed by atoms with Crippen LogP contribution in [0, 0.1) is 5.82 Å². The molecule has 94 valence electrons. The summed E-state index contributed by atoms with van der Waals surface area (Å²) < 4.78 is 20.2. The SMILES string of the molecule is COc1ccc(C(=O)c2cc(Br)sc2Br)c(F)c1. The van der Waals surface area contributed by atoms with Crippen molar-refractivity contribution >= 4 is 49.0 Å². The molecular weight excluding hydrogens is 387 g/mol. The summed E-state index contributed by atoms with van der Waals surface area (Å²) in [5.74, 6) is -0.563. The van der Waals surface area contributed by atoms with Gasteiger partial charge in [0, 0.05) is 11.6 Å². The van der Waals surface area contributed by atoms with Crippen LogP contribution in [0.1, 0.15) is 15.9 Å². The highest BCUT2D eigenvalue weighted by molar-refractivity contribution is 9.12. The number of methoxy groups -OCH3 is 1. The van der Waals surface area contributed by atoms with E-state index in [1.807, 2.05) is 0 Å². The van der Waals surface area contributed by atoms with E-state index in [1.54, 1.807) is 12.1 Å². The molecule has 0 amide bonds. The van der Waals surface area contributed by atoms with Gasteiger partial charge in [-0.15, -0.1) is 11.3 Å². The Kier molecular flexibility index (Phi) is 4.19. The van der Waals surface area contributed by atoms with Crippen molar-refractivity contribution in [1.29, 1.82) is 0 Å². The van der Waals surface area contributed by atoms with E-state index in [-0.39, 0.29) is 11.3 Å². The number of hydrogen-bond acceptors (Lipinski definition) is 3. The van der Waals surface area contributed by atoms with Crippen LogP contribution in [-0.4, -0.2) is 12.9 Å². The molecule has 0 atom stereocenters. The molecule has 0 aliphatic carbocycles. The summed E-state index contributed by atoms with van der Waals surface area (Å²) in [6.07, 6.45) is 0. The van der Waals surface area contributed by atoms with Crippen molar-refractivity contribution in [3.8, 4) is 5.75 Å². The molecule has 0 aliphatic rings. The molecule has 0 saturated carbocycles. The highest BCUT2D eigenvalue weighted by Crippen LogP contribution is 2.33. The zero-order chi connectivity index (χ0) is 13.3. The highest BCUT2D eigenvalue weighted by Gasteiger charge is 2.19. The van der Waals surface area contributed by atoms with Crippen LogP contribution in [0.4, 0.5) is 4.39 Å². The summed E-state index contributed by atoms with van der Waals surface area (Å²) in [5.41, 5.74) is 0.470. The van der Waals surface area contributed by atoms with Crippen molar-refractivity contribution < 1.29 is 13.9 Å². The number of benzene rings is 1. The number of halogens is 3. The second-order valence-corrected chi connectivity index (χ2v) is 7.16. The van der Waals surface area contributed by atoms with E-state index in [4.69, 9.17) is 4.74 Å². The first kappa shape index (κ1) is 13.7. The fraction of sp³-hybridized carbons (Fsp3) is 0.0833. The highest BCUT2D eigenvalue weighted by atomic mass is 79.9. The molecule has 0 aliphatic heterocycles. The second-order valence-electron chi connectivity index (χ2n) is 3.41. The minimum absolute atomic E-state index is 0.0294. The van der Waals surface area contributed by atoms with Crippen LogP contribution in [0.15, 0.2) is 31.8 Å². The Morgan fingerprint density at radius 3 is 2.50 bits per heavy atom. The Bertz CT molecular complexity index is 610. The predicted octanol–water partition coefficient (Wildman–Crippen LogP) is 4.65. The number of thiophene rings is 1. The molecule has 0 saturated heterocycles. The van der Waals surface area contributed by atoms with Gasteiger partial charge < -0.3 is 4.74 Å². The van der Waals surface area contributed by atoms with Crippen LogP contribution in [0.25, 0.3) is 0 Å². The maximum Gasteiger partial charge on any atom is 0.198 e. The number of hydrogen-bond donors (Lipinski definition) is 0. The number of ketones is 1. The number of ether oxygens (including phenoxy) is 1. The normalized spacial score (nSPS) is 10.4. The van der Waals surface area contributed by atoms with E-state index in [0.29, 0.717) is 15.1 Å². The van der Waals surface area contributed by atoms with E-state index < -0.39 is 5.82 Å². The molecule has 0 unspecified atom stereocenters. The van der Waals surface area contributed by atoms with Gasteiger partial charge in [-0.3, -0.25) is 4.79 Å². The lowest BCUT2D eigenvalue weighted by atomic mass is 10.1. The van der Waals surface area contributed by atoms with Crippen molar-refractivity contribution in [2.75, 3.05) is 7.11 Å². The van der Waals surface area contributed by atoms with Gasteiger partial charge in [-0.05, 0) is 50.1 Å². The van der Waals surface area contributed by atoms with Crippen LogP contribution >= 0.6 is 43.2 Å². The first-order valence-corrected chi connectivity index (χ1v) is 7.26. The van der Waals surface area contributed by atoms with Gasteiger partial charge in [0.2, 0.25) is 0 Å². The first-order valence-electron chi connectivity index (χ1n) is 4.86. The van der Waals surface area contributed by atoms with E-state index in [1.165, 1.54) is 30.6 Å². The van der Waals surface area contributed by atoms with Gasteiger partial charge in [-0.25, -0.2) is 4.39 Å². The van der Waals surface area contributed by atoms with E-state index in [2.05, 4.69) is 31.9 Å². The van der Waals surface area contributed by atoms with Gasteiger partial charge >= 0.3 is 0 Å². The molecule has 0 fully saturated rings. The predicted molar refractivity (Wildman–Crippen MR) is 76.1 cm³/mol. The monoisotopic (exact) mass is 392 g/mol. The molecule has 0 bridgehead atoms. The van der Waals surface area contributed by atoms with Gasteiger partial charge in [-0.2, -0.15) is 0 Å². The quantitative estimate of drug-likeness (QED) is 0.709. The molecule has 6 heteroatoms. The van der Waals surface area contributed by atoms with Crippen LogP contribution in [0.3, 0.4) is 0 Å². The number of carbonyl (C=O) groups excluding carboxylic acids is 1. The summed E-state index contributed by atoms with van der Waals surface area (Å²) in [5, 5.41) is 0. The third kappa shape index (κ3) is 2.65. The van der Waals surface area contributed by atoms with E-state index in [9.17, 15) is 9.18 Å². The Morgan fingerprint density at radius 2 is 2.00 bits per heavy atom. The van der Waals surface area contributed by atoms with Gasteiger partial charge in [0.1, 0.15) is 11.6 Å². The smallest absolute Gasteiger partial charge is 0.198 e. The molecule has 1 aromatic carbocycles. The van der Waals surface area contributed by atoms with Crippen LogP contribution in [-0.2, 0) is 0 Å². The topological polar surface area (TPSA) is 26.3 Å². The molecule has 0 radical (unpaired) electrons. The first-order chi connectivity index (χ1) is 8.52. The Hall–Kier alpha value is -0.720. The zero-order valence-electron chi connectivity index (χ0n) is 9.17. The summed E-state index contributed by atoms with van der Waals surface area (Å²) in [6, 6.07) is 5.85. The largest absolute Gasteiger partial charge is 0.497 e. The minimum atomic E-state index is -0.589. The van der Waals surface area contributed by atoms with E-state index in [0.717, 1.165) is 3.79 Å². The van der Waals surface area contributed by atoms with Gasteiger partial charge in [-0.1, -0.05) is 0 Å². The molecule has 0 N–H and O–H groups in total. The standard InChI is InChI=1S/C12H7Br2FO2S/c1-17-6-2-3-7(9(15)4-6)11(16)8-5-10(13)18-12(8)14/h2-5H,1H3. The summed E-state index contributed by atoms with van der Waals surface area (Å²) in [7, 11) is 1.45. The average molecular weight is 394 g/mol. The Labute approximate surface area is 124 Å². The summed E-state index contributed by atoms with van der Waals surface area (Å²) >= 11 is 7.95. The average Bonchev–Trinajstić information content (AvgIpc) is 2.67. The molecule has 2 aromatic rings. The van der Waals surface area contributed by atoms with Gasteiger partial charge in [0.15, 0.2) is 5.78 Å². The van der Waals surface area contributed by atoms with E-state index >= 15 is 0 Å². The number of rotatable bonds is 3. The summed E-state index contributed by atoms with van der Waals surface area (Å²) in [4.78, 5) is 12.2. The third-order valence-corrected chi connectivity index (χ3v) is 4.66. The van der Waals surface area contributed by atoms with Crippen molar-refractivity contribution in [3.63, 3.8) is 0 Å². The minimum Gasteiger partial charge on any atom is -0.497 e. The molecule has 0 spiro atoms. The van der Waals surface area contributed by atoms with Crippen molar-refractivity contribution in [3.05, 3.63) is 48.8 Å². The Morgan fingerprint density at radius 1 is 1.28 bits per heavy atom. The third-order valence-electron chi connectivity index (χ3n) is 2.32. The lowest BCUT2D eigenvalue weighted by molar-refractivity contribution is 0.103. The molecule has 2 nitrogen and oxygen atoms in total. The maximum absolute atomic E-state index is 13.8.